The molecule has 4 atom stereocenters. The minimum absolute atomic E-state index is 0.0177. The van der Waals surface area contributed by atoms with Crippen LogP contribution in [0.15, 0.2) is 42.5 Å². The molecule has 4 heteroatoms. The van der Waals surface area contributed by atoms with Crippen LogP contribution >= 0.6 is 0 Å². The van der Waals surface area contributed by atoms with E-state index in [4.69, 9.17) is 4.74 Å². The summed E-state index contributed by atoms with van der Waals surface area (Å²) in [5.74, 6) is 0.346. The monoisotopic (exact) mass is 285 g/mol. The van der Waals surface area contributed by atoms with E-state index in [2.05, 4.69) is 17.5 Å². The van der Waals surface area contributed by atoms with Crippen LogP contribution in [0, 0.1) is 17.8 Å². The molecule has 110 valence electrons. The Kier molecular flexibility index (Phi) is 3.78. The van der Waals surface area contributed by atoms with Gasteiger partial charge in [0.05, 0.1) is 7.11 Å². The number of amides is 1. The first-order valence-electron chi connectivity index (χ1n) is 7.30. The van der Waals surface area contributed by atoms with Gasteiger partial charge in [0.1, 0.15) is 0 Å². The molecule has 0 aliphatic heterocycles. The maximum Gasteiger partial charge on any atom is 0.333 e. The number of nitrogens with one attached hydrogen (secondary N) is 1. The summed E-state index contributed by atoms with van der Waals surface area (Å²) in [4.78, 5) is 24.5. The fourth-order valence-corrected chi connectivity index (χ4v) is 3.37. The molecular formula is C17H19NO3. The third-order valence-corrected chi connectivity index (χ3v) is 4.47. The van der Waals surface area contributed by atoms with E-state index in [-0.39, 0.29) is 11.8 Å². The molecule has 1 amide bonds. The first-order valence-corrected chi connectivity index (χ1v) is 7.30. The van der Waals surface area contributed by atoms with Gasteiger partial charge in [0.25, 0.3) is 0 Å². The van der Waals surface area contributed by atoms with E-state index >= 15 is 0 Å². The fraction of sp³-hybridized carbons (Fsp3) is 0.412. The topological polar surface area (TPSA) is 55.4 Å². The highest BCUT2D eigenvalue weighted by atomic mass is 16.5. The number of allylic oxidation sites excluding steroid dienone is 2. The summed E-state index contributed by atoms with van der Waals surface area (Å²) in [6.45, 7) is 0. The Bertz CT molecular complexity index is 567. The zero-order valence-corrected chi connectivity index (χ0v) is 12.0. The number of carbonyl (C=O) groups excluding carboxylic acids is 2. The van der Waals surface area contributed by atoms with Crippen molar-refractivity contribution in [3.63, 3.8) is 0 Å². The van der Waals surface area contributed by atoms with Crippen LogP contribution in [0.25, 0.3) is 0 Å². The molecule has 1 aromatic rings. The van der Waals surface area contributed by atoms with Gasteiger partial charge in [-0.3, -0.25) is 4.79 Å². The molecule has 4 nitrogen and oxygen atoms in total. The van der Waals surface area contributed by atoms with E-state index in [9.17, 15) is 9.59 Å². The van der Waals surface area contributed by atoms with E-state index in [1.165, 1.54) is 7.11 Å². The molecule has 4 unspecified atom stereocenters. The van der Waals surface area contributed by atoms with Gasteiger partial charge in [-0.05, 0) is 30.2 Å². The summed E-state index contributed by atoms with van der Waals surface area (Å²) in [5.41, 5.74) is 0.747. The summed E-state index contributed by atoms with van der Waals surface area (Å²) < 4.78 is 4.82. The number of fused-ring (bicyclic) bond motifs is 2. The summed E-state index contributed by atoms with van der Waals surface area (Å²) >= 11 is 0. The molecule has 2 aliphatic carbocycles. The molecule has 2 aliphatic rings. The Morgan fingerprint density at radius 1 is 1.19 bits per heavy atom. The minimum atomic E-state index is -0.730. The zero-order valence-electron chi connectivity index (χ0n) is 12.0. The van der Waals surface area contributed by atoms with Gasteiger partial charge in [0.2, 0.25) is 5.91 Å². The molecule has 0 radical (unpaired) electrons. The zero-order chi connectivity index (χ0) is 14.8. The Morgan fingerprint density at radius 2 is 1.95 bits per heavy atom. The van der Waals surface area contributed by atoms with Crippen LogP contribution < -0.4 is 5.32 Å². The third-order valence-electron chi connectivity index (χ3n) is 4.47. The Morgan fingerprint density at radius 3 is 2.52 bits per heavy atom. The maximum absolute atomic E-state index is 12.5. The van der Waals surface area contributed by atoms with Crippen molar-refractivity contribution in [2.24, 2.45) is 17.8 Å². The first-order chi connectivity index (χ1) is 10.2. The third kappa shape index (κ3) is 2.71. The van der Waals surface area contributed by atoms with E-state index in [1.807, 2.05) is 30.3 Å². The second-order valence-corrected chi connectivity index (χ2v) is 5.76. The average Bonchev–Trinajstić information content (AvgIpc) is 3.15. The van der Waals surface area contributed by atoms with Crippen LogP contribution in [-0.4, -0.2) is 19.0 Å². The molecule has 0 heterocycles. The molecule has 1 saturated carbocycles. The molecule has 3 rings (SSSR count). The van der Waals surface area contributed by atoms with E-state index < -0.39 is 12.0 Å². The Balaban J connectivity index is 1.74. The van der Waals surface area contributed by atoms with Crippen molar-refractivity contribution in [1.29, 1.82) is 0 Å². The van der Waals surface area contributed by atoms with Gasteiger partial charge in [0.15, 0.2) is 6.04 Å². The van der Waals surface area contributed by atoms with Crippen molar-refractivity contribution in [1.82, 2.24) is 5.32 Å². The van der Waals surface area contributed by atoms with Crippen LogP contribution in [0.2, 0.25) is 0 Å². The van der Waals surface area contributed by atoms with Gasteiger partial charge in [-0.25, -0.2) is 4.79 Å². The lowest BCUT2D eigenvalue weighted by Crippen LogP contribution is -2.39. The van der Waals surface area contributed by atoms with Gasteiger partial charge in [-0.15, -0.1) is 0 Å². The number of rotatable bonds is 4. The number of hydrogen-bond donors (Lipinski definition) is 1. The van der Waals surface area contributed by atoms with Crippen LogP contribution in [0.1, 0.15) is 24.4 Å². The second-order valence-electron chi connectivity index (χ2n) is 5.76. The fourth-order valence-electron chi connectivity index (χ4n) is 3.37. The lowest BCUT2D eigenvalue weighted by Gasteiger charge is -2.22. The molecule has 0 saturated heterocycles. The SMILES string of the molecule is COC(=O)C(NC(=O)C1CC2C=CC1C2)c1ccccc1. The van der Waals surface area contributed by atoms with Crippen LogP contribution in [-0.2, 0) is 14.3 Å². The first kappa shape index (κ1) is 13.9. The molecule has 1 fully saturated rings. The Hall–Kier alpha value is -2.10. The highest BCUT2D eigenvalue weighted by Gasteiger charge is 2.40. The maximum atomic E-state index is 12.5. The number of benzene rings is 1. The highest BCUT2D eigenvalue weighted by Crippen LogP contribution is 2.43. The van der Waals surface area contributed by atoms with Gasteiger partial charge < -0.3 is 10.1 Å². The lowest BCUT2D eigenvalue weighted by molar-refractivity contribution is -0.146. The largest absolute Gasteiger partial charge is 0.467 e. The average molecular weight is 285 g/mol. The van der Waals surface area contributed by atoms with Gasteiger partial charge in [-0.2, -0.15) is 0 Å². The predicted molar refractivity (Wildman–Crippen MR) is 78.2 cm³/mol. The highest BCUT2D eigenvalue weighted by molar-refractivity contribution is 5.87. The molecular weight excluding hydrogens is 266 g/mol. The standard InChI is InChI=1S/C17H19NO3/c1-21-17(20)15(12-5-3-2-4-6-12)18-16(19)14-10-11-7-8-13(14)9-11/h2-8,11,13-15H,9-10H2,1H3,(H,18,19). The molecule has 21 heavy (non-hydrogen) atoms. The number of hydrogen-bond acceptors (Lipinski definition) is 3. The van der Waals surface area contributed by atoms with Crippen LogP contribution in [0.3, 0.4) is 0 Å². The quantitative estimate of drug-likeness (QED) is 0.682. The molecule has 0 aromatic heterocycles. The van der Waals surface area contributed by atoms with Crippen molar-refractivity contribution in [3.05, 3.63) is 48.0 Å². The number of esters is 1. The lowest BCUT2D eigenvalue weighted by atomic mass is 9.92. The minimum Gasteiger partial charge on any atom is -0.467 e. The summed E-state index contributed by atoms with van der Waals surface area (Å²) in [6.07, 6.45) is 6.28. The van der Waals surface area contributed by atoms with E-state index in [0.29, 0.717) is 11.8 Å². The number of methoxy groups -OCH3 is 1. The van der Waals surface area contributed by atoms with Crippen molar-refractivity contribution in [2.75, 3.05) is 7.11 Å². The number of carbonyl (C=O) groups is 2. The van der Waals surface area contributed by atoms with Crippen molar-refractivity contribution in [3.8, 4) is 0 Å². The predicted octanol–water partition coefficient (Wildman–Crippen LogP) is 2.23. The van der Waals surface area contributed by atoms with Gasteiger partial charge in [-0.1, -0.05) is 42.5 Å². The van der Waals surface area contributed by atoms with Crippen LogP contribution in [0.4, 0.5) is 0 Å². The van der Waals surface area contributed by atoms with Gasteiger partial charge in [0, 0.05) is 5.92 Å². The molecule has 0 spiro atoms. The van der Waals surface area contributed by atoms with Gasteiger partial charge >= 0.3 is 5.97 Å². The number of ether oxygens (including phenoxy) is 1. The normalized spacial score (nSPS) is 27.4. The van der Waals surface area contributed by atoms with Crippen LogP contribution in [0.5, 0.6) is 0 Å². The van der Waals surface area contributed by atoms with Crippen molar-refractivity contribution < 1.29 is 14.3 Å². The summed E-state index contributed by atoms with van der Waals surface area (Å²) in [6, 6.07) is 8.48. The van der Waals surface area contributed by atoms with E-state index in [1.54, 1.807) is 0 Å². The summed E-state index contributed by atoms with van der Waals surface area (Å²) in [5, 5.41) is 2.86. The second kappa shape index (κ2) is 5.72. The molecule has 1 aromatic carbocycles. The van der Waals surface area contributed by atoms with Crippen molar-refractivity contribution in [2.45, 2.75) is 18.9 Å². The van der Waals surface area contributed by atoms with Crippen molar-refractivity contribution >= 4 is 11.9 Å². The van der Waals surface area contributed by atoms with E-state index in [0.717, 1.165) is 18.4 Å². The molecule has 2 bridgehead atoms. The molecule has 1 N–H and O–H groups in total. The Labute approximate surface area is 124 Å². The summed E-state index contributed by atoms with van der Waals surface area (Å²) in [7, 11) is 1.34. The smallest absolute Gasteiger partial charge is 0.333 e.